The highest BCUT2D eigenvalue weighted by Gasteiger charge is 2.60. The Morgan fingerprint density at radius 2 is 2.11 bits per heavy atom. The number of hydrogen-bond acceptors (Lipinski definition) is 5. The summed E-state index contributed by atoms with van der Waals surface area (Å²) in [6, 6.07) is 0. The van der Waals surface area contributed by atoms with Gasteiger partial charge in [-0.2, -0.15) is 17.7 Å². The fourth-order valence-corrected chi connectivity index (χ4v) is 4.00. The summed E-state index contributed by atoms with van der Waals surface area (Å²) in [7, 11) is -9.25. The van der Waals surface area contributed by atoms with Crippen molar-refractivity contribution in [1.82, 2.24) is 0 Å². The average molecular weight is 315 g/mol. The van der Waals surface area contributed by atoms with Crippen LogP contribution < -0.4 is 0 Å². The third-order valence-electron chi connectivity index (χ3n) is 1.68. The molecule has 1 aliphatic rings. The van der Waals surface area contributed by atoms with Crippen LogP contribution in [0.2, 0.25) is 0 Å². The van der Waals surface area contributed by atoms with E-state index in [0.717, 1.165) is 0 Å². The predicted octanol–water partition coefficient (Wildman–Crippen LogP) is 2.18. The normalized spacial score (nSPS) is 30.4. The fourth-order valence-electron chi connectivity index (χ4n) is 1.05. The summed E-state index contributed by atoms with van der Waals surface area (Å²) < 4.78 is 65.0. The summed E-state index contributed by atoms with van der Waals surface area (Å²) in [6.45, 7) is -0.364. The van der Waals surface area contributed by atoms with Gasteiger partial charge in [0.25, 0.3) is 0 Å². The van der Waals surface area contributed by atoms with Gasteiger partial charge in [-0.15, -0.1) is 9.05 Å². The molecule has 2 N–H and O–H groups in total. The van der Waals surface area contributed by atoms with Crippen LogP contribution in [0.25, 0.3) is 0 Å². The Balaban J connectivity index is 2.77. The van der Waals surface area contributed by atoms with Crippen LogP contribution in [-0.2, 0) is 22.4 Å². The number of rotatable bonds is 4. The van der Waals surface area contributed by atoms with Crippen molar-refractivity contribution in [3.63, 3.8) is 0 Å². The van der Waals surface area contributed by atoms with Gasteiger partial charge in [-0.3, -0.25) is 0 Å². The monoisotopic (exact) mass is 315 g/mol. The molecule has 1 aliphatic heterocycles. The molecule has 12 heteroatoms. The molecule has 1 fully saturated rings. The van der Waals surface area contributed by atoms with Crippen molar-refractivity contribution >= 4 is 16.0 Å². The summed E-state index contributed by atoms with van der Waals surface area (Å²) in [5.74, 6) is 0. The zero-order valence-corrected chi connectivity index (χ0v) is 11.0. The minimum absolute atomic E-state index is 0.0766. The molecule has 0 aliphatic carbocycles. The molecule has 0 amide bonds. The topological polar surface area (TPSA) is 94.5 Å². The summed E-state index contributed by atoms with van der Waals surface area (Å²) in [5, 5.41) is 0. The summed E-state index contributed by atoms with van der Waals surface area (Å²) in [5.41, 5.74) is 0. The third kappa shape index (κ3) is 5.90. The summed E-state index contributed by atoms with van der Waals surface area (Å²) >= 11 is 0. The van der Waals surface area contributed by atoms with Crippen molar-refractivity contribution < 1.29 is 45.4 Å². The van der Waals surface area contributed by atoms with Crippen molar-refractivity contribution in [3.8, 4) is 0 Å². The first-order valence-electron chi connectivity index (χ1n) is 4.71. The Labute approximate surface area is 101 Å². The molecule has 2 atom stereocenters. The lowest BCUT2D eigenvalue weighted by atomic mass is 10.3. The standard InChI is InChI=1S/C6H11F3O7P2/c1-5-2-3-13-18(15-5,16-17(10,11)12)14-4-6(7,8)9/h5H,2-4H2,1H3,(H-,10,11,12)/p+1. The van der Waals surface area contributed by atoms with E-state index < -0.39 is 34.9 Å². The maximum atomic E-state index is 12.0. The maximum absolute atomic E-state index is 12.0. The molecule has 0 bridgehead atoms. The molecule has 7 nitrogen and oxygen atoms in total. The zero-order chi connectivity index (χ0) is 14.0. The maximum Gasteiger partial charge on any atom is 0.586 e. The molecule has 0 spiro atoms. The zero-order valence-electron chi connectivity index (χ0n) is 9.16. The Morgan fingerprint density at radius 3 is 2.56 bits per heavy atom. The van der Waals surface area contributed by atoms with E-state index in [4.69, 9.17) is 18.8 Å². The van der Waals surface area contributed by atoms with E-state index in [0.29, 0.717) is 6.42 Å². The van der Waals surface area contributed by atoms with Gasteiger partial charge in [-0.25, -0.2) is 4.57 Å². The molecular weight excluding hydrogens is 303 g/mol. The van der Waals surface area contributed by atoms with Crippen LogP contribution >= 0.6 is 16.0 Å². The second-order valence-electron chi connectivity index (χ2n) is 3.45. The average Bonchev–Trinajstić information content (AvgIpc) is 2.11. The van der Waals surface area contributed by atoms with Gasteiger partial charge in [0.2, 0.25) is 0 Å². The molecule has 1 rings (SSSR count). The first-order chi connectivity index (χ1) is 8.02. The highest BCUT2D eigenvalue weighted by molar-refractivity contribution is 7.66. The lowest BCUT2D eigenvalue weighted by molar-refractivity contribution is -0.162. The Bertz CT molecular complexity index is 332. The minimum atomic E-state index is -5.10. The fraction of sp³-hybridized carbons (Fsp3) is 1.00. The summed E-state index contributed by atoms with van der Waals surface area (Å²) in [6.07, 6.45) is -4.94. The minimum Gasteiger partial charge on any atom is -0.300 e. The molecule has 2 unspecified atom stereocenters. The van der Waals surface area contributed by atoms with E-state index in [9.17, 15) is 17.7 Å². The number of alkyl halides is 3. The van der Waals surface area contributed by atoms with E-state index in [2.05, 4.69) is 8.83 Å². The second-order valence-corrected chi connectivity index (χ2v) is 6.70. The van der Waals surface area contributed by atoms with Gasteiger partial charge in [-0.05, 0) is 11.2 Å². The van der Waals surface area contributed by atoms with Crippen molar-refractivity contribution in [2.45, 2.75) is 25.6 Å². The largest absolute Gasteiger partial charge is 0.586 e. The van der Waals surface area contributed by atoms with Crippen molar-refractivity contribution in [1.29, 1.82) is 0 Å². The van der Waals surface area contributed by atoms with Gasteiger partial charge in [0.05, 0.1) is 0 Å². The van der Waals surface area contributed by atoms with E-state index in [1.807, 2.05) is 0 Å². The van der Waals surface area contributed by atoms with Crippen LogP contribution in [-0.4, -0.2) is 35.3 Å². The first-order valence-corrected chi connectivity index (χ1v) is 7.71. The van der Waals surface area contributed by atoms with Gasteiger partial charge in [0.15, 0.2) is 6.61 Å². The van der Waals surface area contributed by atoms with Crippen molar-refractivity contribution in [2.24, 2.45) is 0 Å². The molecule has 0 aromatic rings. The van der Waals surface area contributed by atoms with Crippen molar-refractivity contribution in [2.75, 3.05) is 13.2 Å². The Kier molecular flexibility index (Phi) is 5.13. The SMILES string of the molecule is CC1CCO[P+](OCC(F)(F)F)(OP(=O)(O)O)O1. The molecule has 18 heavy (non-hydrogen) atoms. The molecule has 0 saturated carbocycles. The molecule has 1 heterocycles. The molecule has 1 saturated heterocycles. The van der Waals surface area contributed by atoms with E-state index >= 15 is 0 Å². The van der Waals surface area contributed by atoms with Crippen LogP contribution in [0.5, 0.6) is 0 Å². The molecule has 0 aromatic heterocycles. The highest BCUT2D eigenvalue weighted by atomic mass is 31.3. The second kappa shape index (κ2) is 5.68. The predicted molar refractivity (Wildman–Crippen MR) is 53.2 cm³/mol. The number of hydrogen-bond donors (Lipinski definition) is 2. The molecule has 0 radical (unpaired) electrons. The third-order valence-corrected chi connectivity index (χ3v) is 4.89. The number of halogens is 3. The molecule has 108 valence electrons. The first kappa shape index (κ1) is 16.3. The van der Waals surface area contributed by atoms with Gasteiger partial charge >= 0.3 is 22.2 Å². The smallest absolute Gasteiger partial charge is 0.300 e. The van der Waals surface area contributed by atoms with E-state index in [1.54, 1.807) is 0 Å². The quantitative estimate of drug-likeness (QED) is 0.768. The van der Waals surface area contributed by atoms with Gasteiger partial charge in [-0.1, -0.05) is 0 Å². The van der Waals surface area contributed by atoms with Crippen LogP contribution in [0.15, 0.2) is 0 Å². The van der Waals surface area contributed by atoms with E-state index in [1.165, 1.54) is 6.92 Å². The molecular formula is C6H12F3O7P2+. The van der Waals surface area contributed by atoms with Gasteiger partial charge < -0.3 is 9.79 Å². The lowest BCUT2D eigenvalue weighted by Gasteiger charge is -2.26. The van der Waals surface area contributed by atoms with Crippen LogP contribution in [0.3, 0.4) is 0 Å². The Hall–Kier alpha value is 0.210. The number of phosphoric acid groups is 1. The van der Waals surface area contributed by atoms with E-state index in [-0.39, 0.29) is 6.61 Å². The molecule has 0 aromatic carbocycles. The van der Waals surface area contributed by atoms with Crippen LogP contribution in [0, 0.1) is 0 Å². The van der Waals surface area contributed by atoms with Crippen LogP contribution in [0.4, 0.5) is 13.2 Å². The Morgan fingerprint density at radius 1 is 1.50 bits per heavy atom. The highest BCUT2D eigenvalue weighted by Crippen LogP contribution is 2.73. The summed E-state index contributed by atoms with van der Waals surface area (Å²) in [4.78, 5) is 17.3. The van der Waals surface area contributed by atoms with Gasteiger partial charge in [0, 0.05) is 6.42 Å². The lowest BCUT2D eigenvalue weighted by Crippen LogP contribution is -2.26. The van der Waals surface area contributed by atoms with Crippen molar-refractivity contribution in [3.05, 3.63) is 0 Å². The van der Waals surface area contributed by atoms with Crippen LogP contribution in [0.1, 0.15) is 13.3 Å². The van der Waals surface area contributed by atoms with Gasteiger partial charge in [0.1, 0.15) is 12.7 Å².